The van der Waals surface area contributed by atoms with E-state index in [-0.39, 0.29) is 6.42 Å². The van der Waals surface area contributed by atoms with Crippen molar-refractivity contribution in [2.75, 3.05) is 7.11 Å². The lowest BCUT2D eigenvalue weighted by Crippen LogP contribution is -2.28. The monoisotopic (exact) mass is 320 g/mol. The molecule has 23 heavy (non-hydrogen) atoms. The zero-order valence-electron chi connectivity index (χ0n) is 12.7. The van der Waals surface area contributed by atoms with Crippen molar-refractivity contribution in [2.45, 2.75) is 19.4 Å². The molecule has 0 amide bonds. The second-order valence-corrected chi connectivity index (χ2v) is 4.39. The minimum atomic E-state index is -1.29. The average molecular weight is 320 g/mol. The normalized spacial score (nSPS) is 11.6. The third kappa shape index (κ3) is 7.03. The Hall–Kier alpha value is -2.96. The van der Waals surface area contributed by atoms with Gasteiger partial charge in [0, 0.05) is 12.2 Å². The minimum absolute atomic E-state index is 0.0739. The maximum absolute atomic E-state index is 11.6. The van der Waals surface area contributed by atoms with Crippen molar-refractivity contribution < 1.29 is 33.4 Å². The summed E-state index contributed by atoms with van der Waals surface area (Å²) in [4.78, 5) is 45.4. The summed E-state index contributed by atoms with van der Waals surface area (Å²) in [5, 5.41) is 0. The van der Waals surface area contributed by atoms with Gasteiger partial charge >= 0.3 is 23.9 Å². The highest BCUT2D eigenvalue weighted by Gasteiger charge is 2.21. The van der Waals surface area contributed by atoms with Crippen LogP contribution in [-0.2, 0) is 39.8 Å². The molecule has 7 nitrogen and oxygen atoms in total. The number of carbonyl (C=O) groups excluding carboxylic acids is 4. The van der Waals surface area contributed by atoms with Gasteiger partial charge in [-0.3, -0.25) is 4.79 Å². The van der Waals surface area contributed by atoms with Crippen molar-refractivity contribution >= 4 is 23.9 Å². The molecule has 0 spiro atoms. The summed E-state index contributed by atoms with van der Waals surface area (Å²) in [6, 6.07) is 8.73. The van der Waals surface area contributed by atoms with E-state index in [1.54, 1.807) is 30.3 Å². The van der Waals surface area contributed by atoms with Crippen LogP contribution in [-0.4, -0.2) is 37.1 Å². The first-order valence-electron chi connectivity index (χ1n) is 6.67. The highest BCUT2D eigenvalue weighted by Crippen LogP contribution is 2.03. The number of ether oxygens (including phenoxy) is 3. The number of carbonyl (C=O) groups is 4. The summed E-state index contributed by atoms with van der Waals surface area (Å²) in [7, 11) is 1.15. The number of benzene rings is 1. The fourth-order valence-electron chi connectivity index (χ4n) is 1.46. The van der Waals surface area contributed by atoms with E-state index in [1.165, 1.54) is 6.92 Å². The summed E-state index contributed by atoms with van der Waals surface area (Å²) in [6.07, 6.45) is 0.294. The molecule has 1 atom stereocenters. The second kappa shape index (κ2) is 9.14. The first kappa shape index (κ1) is 18.1. The predicted molar refractivity (Wildman–Crippen MR) is 78.0 cm³/mol. The van der Waals surface area contributed by atoms with Gasteiger partial charge in [-0.15, -0.1) is 0 Å². The van der Waals surface area contributed by atoms with Gasteiger partial charge in [-0.1, -0.05) is 30.3 Å². The van der Waals surface area contributed by atoms with E-state index in [0.717, 1.165) is 19.3 Å². The first-order valence-corrected chi connectivity index (χ1v) is 6.67. The molecule has 0 saturated carbocycles. The maximum Gasteiger partial charge on any atom is 0.354 e. The molecule has 0 aromatic heterocycles. The van der Waals surface area contributed by atoms with Crippen molar-refractivity contribution in [1.29, 1.82) is 0 Å². The van der Waals surface area contributed by atoms with Gasteiger partial charge in [0.1, 0.15) is 0 Å². The Morgan fingerprint density at radius 1 is 1.04 bits per heavy atom. The van der Waals surface area contributed by atoms with E-state index < -0.39 is 30.0 Å². The minimum Gasteiger partial charge on any atom is -0.466 e. The van der Waals surface area contributed by atoms with Gasteiger partial charge in [0.25, 0.3) is 0 Å². The third-order valence-electron chi connectivity index (χ3n) is 2.59. The van der Waals surface area contributed by atoms with Crippen LogP contribution in [0.2, 0.25) is 0 Å². The lowest BCUT2D eigenvalue weighted by atomic mass is 10.2. The Balaban J connectivity index is 2.44. The smallest absolute Gasteiger partial charge is 0.354 e. The molecule has 1 unspecified atom stereocenters. The van der Waals surface area contributed by atoms with E-state index in [1.807, 2.05) is 0 Å². The molecule has 1 rings (SSSR count). The zero-order valence-corrected chi connectivity index (χ0v) is 12.7. The van der Waals surface area contributed by atoms with Crippen LogP contribution in [0.15, 0.2) is 42.5 Å². The molecule has 7 heteroatoms. The summed E-state index contributed by atoms with van der Waals surface area (Å²) in [5.41, 5.74) is 0.691. The number of hydrogen-bond donors (Lipinski definition) is 0. The quantitative estimate of drug-likeness (QED) is 0.333. The summed E-state index contributed by atoms with van der Waals surface area (Å²) >= 11 is 0. The van der Waals surface area contributed by atoms with Gasteiger partial charge < -0.3 is 14.2 Å². The third-order valence-corrected chi connectivity index (χ3v) is 2.59. The molecule has 1 aromatic carbocycles. The Kier molecular flexibility index (Phi) is 7.19. The molecular weight excluding hydrogens is 304 g/mol. The van der Waals surface area contributed by atoms with Crippen LogP contribution in [0.1, 0.15) is 12.5 Å². The Morgan fingerprint density at radius 3 is 2.26 bits per heavy atom. The molecule has 0 heterocycles. The molecule has 122 valence electrons. The van der Waals surface area contributed by atoms with Crippen LogP contribution < -0.4 is 0 Å². The van der Waals surface area contributed by atoms with Crippen LogP contribution in [0.3, 0.4) is 0 Å². The molecule has 0 aliphatic heterocycles. The van der Waals surface area contributed by atoms with Gasteiger partial charge in [0.2, 0.25) is 0 Å². The Bertz CT molecular complexity index is 604. The molecular formula is C16H16O7. The number of esters is 4. The van der Waals surface area contributed by atoms with E-state index in [9.17, 15) is 19.2 Å². The molecule has 0 radical (unpaired) electrons. The Morgan fingerprint density at radius 2 is 1.65 bits per heavy atom. The zero-order chi connectivity index (χ0) is 17.2. The lowest BCUT2D eigenvalue weighted by molar-refractivity contribution is -0.171. The van der Waals surface area contributed by atoms with Gasteiger partial charge in [-0.25, -0.2) is 14.4 Å². The molecule has 0 aliphatic rings. The first-order chi connectivity index (χ1) is 10.9. The maximum atomic E-state index is 11.6. The SMILES string of the molecule is COC(=O)/C=C\C(=O)OC(C)C(=O)OC(=O)Cc1ccccc1. The second-order valence-electron chi connectivity index (χ2n) is 4.39. The van der Waals surface area contributed by atoms with Crippen LogP contribution in [0, 0.1) is 0 Å². The molecule has 0 aliphatic carbocycles. The standard InChI is InChI=1S/C16H16O7/c1-11(22-14(18)9-8-13(17)21-2)16(20)23-15(19)10-12-6-4-3-5-7-12/h3-9,11H,10H2,1-2H3/b9-8-. The summed E-state index contributed by atoms with van der Waals surface area (Å²) in [5.74, 6) is -3.43. The van der Waals surface area contributed by atoms with E-state index in [4.69, 9.17) is 4.74 Å². The molecule has 0 bridgehead atoms. The van der Waals surface area contributed by atoms with Crippen LogP contribution in [0.4, 0.5) is 0 Å². The van der Waals surface area contributed by atoms with E-state index in [0.29, 0.717) is 5.56 Å². The average Bonchev–Trinajstić information content (AvgIpc) is 2.53. The predicted octanol–water partition coefficient (Wildman–Crippen LogP) is 0.960. The molecule has 0 N–H and O–H groups in total. The number of rotatable bonds is 6. The van der Waals surface area contributed by atoms with E-state index in [2.05, 4.69) is 9.47 Å². The van der Waals surface area contributed by atoms with Crippen LogP contribution >= 0.6 is 0 Å². The van der Waals surface area contributed by atoms with Gasteiger partial charge in [-0.05, 0) is 12.5 Å². The topological polar surface area (TPSA) is 96.0 Å². The fourth-order valence-corrected chi connectivity index (χ4v) is 1.46. The Labute approximate surface area is 132 Å². The van der Waals surface area contributed by atoms with Crippen molar-refractivity contribution in [3.8, 4) is 0 Å². The summed E-state index contributed by atoms with van der Waals surface area (Å²) in [6.45, 7) is 1.25. The van der Waals surface area contributed by atoms with Crippen LogP contribution in [0.5, 0.6) is 0 Å². The van der Waals surface area contributed by atoms with Crippen molar-refractivity contribution in [2.24, 2.45) is 0 Å². The molecule has 0 fully saturated rings. The van der Waals surface area contributed by atoms with Gasteiger partial charge in [0.15, 0.2) is 6.10 Å². The largest absolute Gasteiger partial charge is 0.466 e. The molecule has 0 saturated heterocycles. The highest BCUT2D eigenvalue weighted by atomic mass is 16.6. The molecule has 1 aromatic rings. The highest BCUT2D eigenvalue weighted by molar-refractivity contribution is 5.94. The summed E-state index contributed by atoms with van der Waals surface area (Å²) < 4.78 is 13.6. The lowest BCUT2D eigenvalue weighted by Gasteiger charge is -2.10. The van der Waals surface area contributed by atoms with E-state index >= 15 is 0 Å². The van der Waals surface area contributed by atoms with Gasteiger partial charge in [-0.2, -0.15) is 0 Å². The number of methoxy groups -OCH3 is 1. The van der Waals surface area contributed by atoms with Gasteiger partial charge in [0.05, 0.1) is 13.5 Å². The van der Waals surface area contributed by atoms with Crippen molar-refractivity contribution in [3.05, 3.63) is 48.0 Å². The van der Waals surface area contributed by atoms with Crippen molar-refractivity contribution in [3.63, 3.8) is 0 Å². The van der Waals surface area contributed by atoms with Crippen molar-refractivity contribution in [1.82, 2.24) is 0 Å². The van der Waals surface area contributed by atoms with Crippen LogP contribution in [0.25, 0.3) is 0 Å². The number of hydrogen-bond acceptors (Lipinski definition) is 7. The fraction of sp³-hybridized carbons (Fsp3) is 0.250.